The number of halogens is 1. The number of sulfone groups is 1. The number of aromatic nitrogens is 2. The number of H-pyrrole nitrogens is 1. The van der Waals surface area contributed by atoms with Crippen molar-refractivity contribution in [1.29, 1.82) is 0 Å². The Labute approximate surface area is 115 Å². The second-order valence-electron chi connectivity index (χ2n) is 5.27. The number of nitrogens with zero attached hydrogens (tertiary/aromatic N) is 1. The zero-order valence-electron chi connectivity index (χ0n) is 10.3. The number of benzene rings is 1. The van der Waals surface area contributed by atoms with Gasteiger partial charge >= 0.3 is 0 Å². The van der Waals surface area contributed by atoms with Crippen molar-refractivity contribution in [2.75, 3.05) is 11.5 Å². The third-order valence-electron chi connectivity index (χ3n) is 3.67. The van der Waals surface area contributed by atoms with Crippen LogP contribution in [0, 0.1) is 10.6 Å². The Morgan fingerprint density at radius 2 is 2.21 bits per heavy atom. The monoisotopic (exact) mass is 300 g/mol. The molecule has 0 spiro atoms. The topological polar surface area (TPSA) is 54.9 Å². The molecule has 7 heteroatoms. The molecule has 19 heavy (non-hydrogen) atoms. The molecule has 1 aliphatic rings. The molecule has 2 heterocycles. The molecule has 0 aliphatic carbocycles. The number of imidazole rings is 1. The van der Waals surface area contributed by atoms with E-state index in [9.17, 15) is 12.8 Å². The minimum absolute atomic E-state index is 0.0395. The molecule has 3 rings (SSSR count). The van der Waals surface area contributed by atoms with Gasteiger partial charge in [0.15, 0.2) is 14.6 Å². The van der Waals surface area contributed by atoms with Crippen molar-refractivity contribution in [2.24, 2.45) is 0 Å². The lowest BCUT2D eigenvalue weighted by Crippen LogP contribution is -2.31. The van der Waals surface area contributed by atoms with E-state index < -0.39 is 15.4 Å². The molecule has 2 aromatic rings. The summed E-state index contributed by atoms with van der Waals surface area (Å²) < 4.78 is 39.0. The van der Waals surface area contributed by atoms with Gasteiger partial charge in [-0.3, -0.25) is 0 Å². The Morgan fingerprint density at radius 3 is 2.84 bits per heavy atom. The van der Waals surface area contributed by atoms with E-state index >= 15 is 0 Å². The van der Waals surface area contributed by atoms with E-state index in [2.05, 4.69) is 4.98 Å². The van der Waals surface area contributed by atoms with E-state index in [1.807, 2.05) is 6.92 Å². The molecule has 0 amide bonds. The summed E-state index contributed by atoms with van der Waals surface area (Å²) in [5.74, 6) is -0.176. The summed E-state index contributed by atoms with van der Waals surface area (Å²) in [6.45, 7) is 1.85. The molecule has 1 atom stereocenters. The van der Waals surface area contributed by atoms with Crippen LogP contribution >= 0.6 is 12.2 Å². The molecule has 1 aromatic heterocycles. The van der Waals surface area contributed by atoms with E-state index in [0.29, 0.717) is 16.7 Å². The van der Waals surface area contributed by atoms with Crippen molar-refractivity contribution >= 4 is 33.1 Å². The van der Waals surface area contributed by atoms with Crippen LogP contribution in [-0.4, -0.2) is 29.5 Å². The van der Waals surface area contributed by atoms with Gasteiger partial charge in [0, 0.05) is 0 Å². The van der Waals surface area contributed by atoms with Gasteiger partial charge in [0.2, 0.25) is 0 Å². The smallest absolute Gasteiger partial charge is 0.178 e. The van der Waals surface area contributed by atoms with Crippen LogP contribution in [0.4, 0.5) is 4.39 Å². The van der Waals surface area contributed by atoms with Crippen LogP contribution in [0.2, 0.25) is 0 Å². The highest BCUT2D eigenvalue weighted by molar-refractivity contribution is 7.91. The standard InChI is InChI=1S/C12H13FN2O2S2/c1-12(4-5-19(16,17)7-12)15-10-6-8(13)2-3-9(10)14-11(15)18/h2-3,6H,4-5,7H2,1H3,(H,14,18). The molecule has 102 valence electrons. The summed E-state index contributed by atoms with van der Waals surface area (Å²) >= 11 is 5.27. The molecule has 1 unspecified atom stereocenters. The van der Waals surface area contributed by atoms with Crippen LogP contribution in [0.15, 0.2) is 18.2 Å². The van der Waals surface area contributed by atoms with Crippen LogP contribution in [-0.2, 0) is 15.4 Å². The quantitative estimate of drug-likeness (QED) is 0.823. The third-order valence-corrected chi connectivity index (χ3v) is 5.84. The molecule has 0 radical (unpaired) electrons. The maximum absolute atomic E-state index is 13.4. The molecule has 1 aromatic carbocycles. The van der Waals surface area contributed by atoms with Crippen molar-refractivity contribution in [3.63, 3.8) is 0 Å². The normalized spacial score (nSPS) is 26.0. The first-order chi connectivity index (χ1) is 8.81. The fourth-order valence-corrected chi connectivity index (χ4v) is 5.33. The maximum Gasteiger partial charge on any atom is 0.178 e. The predicted octanol–water partition coefficient (Wildman–Crippen LogP) is 2.37. The summed E-state index contributed by atoms with van der Waals surface area (Å²) in [4.78, 5) is 3.00. The van der Waals surface area contributed by atoms with Crippen molar-refractivity contribution in [1.82, 2.24) is 9.55 Å². The minimum atomic E-state index is -3.05. The summed E-state index contributed by atoms with van der Waals surface area (Å²) in [5, 5.41) is 0. The lowest BCUT2D eigenvalue weighted by Gasteiger charge is -2.25. The molecular formula is C12H13FN2O2S2. The highest BCUT2D eigenvalue weighted by Crippen LogP contribution is 2.34. The third kappa shape index (κ3) is 2.01. The van der Waals surface area contributed by atoms with Gasteiger partial charge in [-0.15, -0.1) is 0 Å². The van der Waals surface area contributed by atoms with Crippen LogP contribution in [0.3, 0.4) is 0 Å². The van der Waals surface area contributed by atoms with E-state index in [1.54, 1.807) is 10.6 Å². The van der Waals surface area contributed by atoms with E-state index in [1.165, 1.54) is 12.1 Å². The Bertz CT molecular complexity index is 822. The SMILES string of the molecule is CC1(n2c(=S)[nH]c3ccc(F)cc32)CCS(=O)(=O)C1. The van der Waals surface area contributed by atoms with Crippen molar-refractivity contribution < 1.29 is 12.8 Å². The summed E-state index contributed by atoms with van der Waals surface area (Å²) in [7, 11) is -3.05. The first-order valence-corrected chi connectivity index (χ1v) is 8.15. The van der Waals surface area contributed by atoms with E-state index in [-0.39, 0.29) is 17.3 Å². The molecule has 4 nitrogen and oxygen atoms in total. The minimum Gasteiger partial charge on any atom is -0.331 e. The number of nitrogens with one attached hydrogen (secondary N) is 1. The zero-order valence-corrected chi connectivity index (χ0v) is 11.9. The van der Waals surface area contributed by atoms with Crippen molar-refractivity contribution in [3.8, 4) is 0 Å². The maximum atomic E-state index is 13.4. The van der Waals surface area contributed by atoms with Gasteiger partial charge in [0.1, 0.15) is 5.82 Å². The molecule has 1 fully saturated rings. The number of rotatable bonds is 1. The number of hydrogen-bond acceptors (Lipinski definition) is 3. The van der Waals surface area contributed by atoms with Gasteiger partial charge < -0.3 is 9.55 Å². The van der Waals surface area contributed by atoms with Gasteiger partial charge in [0.05, 0.1) is 28.1 Å². The molecule has 1 saturated heterocycles. The molecule has 1 aliphatic heterocycles. The number of hydrogen-bond donors (Lipinski definition) is 1. The largest absolute Gasteiger partial charge is 0.331 e. The second-order valence-corrected chi connectivity index (χ2v) is 7.84. The van der Waals surface area contributed by atoms with E-state index in [0.717, 1.165) is 5.52 Å². The summed E-state index contributed by atoms with van der Waals surface area (Å²) in [6, 6.07) is 4.35. The Morgan fingerprint density at radius 1 is 1.47 bits per heavy atom. The first-order valence-electron chi connectivity index (χ1n) is 5.92. The Kier molecular flexibility index (Phi) is 2.62. The lowest BCUT2D eigenvalue weighted by atomic mass is 10.0. The van der Waals surface area contributed by atoms with E-state index in [4.69, 9.17) is 12.2 Å². The van der Waals surface area contributed by atoms with Crippen LogP contribution < -0.4 is 0 Å². The average Bonchev–Trinajstić information content (AvgIpc) is 2.75. The zero-order chi connectivity index (χ0) is 13.8. The summed E-state index contributed by atoms with van der Waals surface area (Å²) in [6.07, 6.45) is 0.493. The van der Waals surface area contributed by atoms with Gasteiger partial charge in [0.25, 0.3) is 0 Å². The predicted molar refractivity (Wildman–Crippen MR) is 74.0 cm³/mol. The highest BCUT2D eigenvalue weighted by Gasteiger charge is 2.41. The highest BCUT2D eigenvalue weighted by atomic mass is 32.2. The van der Waals surface area contributed by atoms with Gasteiger partial charge in [-0.05, 0) is 43.8 Å². The molecular weight excluding hydrogens is 287 g/mol. The van der Waals surface area contributed by atoms with Crippen LogP contribution in [0.5, 0.6) is 0 Å². The molecule has 0 bridgehead atoms. The first kappa shape index (κ1) is 12.8. The van der Waals surface area contributed by atoms with Gasteiger partial charge in [-0.25, -0.2) is 12.8 Å². The van der Waals surface area contributed by atoms with Crippen LogP contribution in [0.1, 0.15) is 13.3 Å². The Balaban J connectivity index is 2.29. The van der Waals surface area contributed by atoms with Crippen molar-refractivity contribution in [3.05, 3.63) is 28.8 Å². The van der Waals surface area contributed by atoms with Crippen LogP contribution in [0.25, 0.3) is 11.0 Å². The fourth-order valence-electron chi connectivity index (χ4n) is 2.78. The second kappa shape index (κ2) is 3.89. The summed E-state index contributed by atoms with van der Waals surface area (Å²) in [5.41, 5.74) is 0.726. The number of aromatic amines is 1. The molecule has 1 N–H and O–H groups in total. The van der Waals surface area contributed by atoms with Crippen molar-refractivity contribution in [2.45, 2.75) is 18.9 Å². The van der Waals surface area contributed by atoms with Gasteiger partial charge in [-0.1, -0.05) is 0 Å². The Hall–Kier alpha value is -1.21. The fraction of sp³-hybridized carbons (Fsp3) is 0.417. The number of fused-ring (bicyclic) bond motifs is 1. The molecule has 0 saturated carbocycles. The average molecular weight is 300 g/mol. The van der Waals surface area contributed by atoms with Gasteiger partial charge in [-0.2, -0.15) is 0 Å². The lowest BCUT2D eigenvalue weighted by molar-refractivity contribution is 0.371.